The van der Waals surface area contributed by atoms with E-state index in [0.29, 0.717) is 6.61 Å². The fourth-order valence-electron chi connectivity index (χ4n) is 1.81. The van der Waals surface area contributed by atoms with Crippen molar-refractivity contribution in [2.45, 2.75) is 46.4 Å². The van der Waals surface area contributed by atoms with Gasteiger partial charge in [-0.15, -0.1) is 11.3 Å². The Balaban J connectivity index is 1.87. The van der Waals surface area contributed by atoms with E-state index < -0.39 is 0 Å². The van der Waals surface area contributed by atoms with Crippen LogP contribution in [0.3, 0.4) is 0 Å². The number of nitrogens with one attached hydrogen (secondary N) is 1. The maximum Gasteiger partial charge on any atom is 0.122 e. The third kappa shape index (κ3) is 4.99. The standard InChI is InChI=1S/C17H23NOS/c1-13-6-5-7-14(10-13)19-12-16-9-8-15(20-16)11-18-17(2,3)4/h5-10,18H,11-12H2,1-4H3. The Kier molecular flexibility index (Phi) is 4.84. The average molecular weight is 289 g/mol. The highest BCUT2D eigenvalue weighted by atomic mass is 32.1. The molecule has 1 heterocycles. The van der Waals surface area contributed by atoms with E-state index in [0.717, 1.165) is 12.3 Å². The molecule has 20 heavy (non-hydrogen) atoms. The van der Waals surface area contributed by atoms with Gasteiger partial charge in [-0.25, -0.2) is 0 Å². The molecule has 0 saturated heterocycles. The van der Waals surface area contributed by atoms with Gasteiger partial charge in [0.2, 0.25) is 0 Å². The summed E-state index contributed by atoms with van der Waals surface area (Å²) < 4.78 is 5.82. The molecule has 0 aliphatic heterocycles. The second-order valence-corrected chi connectivity index (χ2v) is 7.33. The highest BCUT2D eigenvalue weighted by molar-refractivity contribution is 7.11. The molecular formula is C17H23NOS. The van der Waals surface area contributed by atoms with Crippen LogP contribution in [0.15, 0.2) is 36.4 Å². The summed E-state index contributed by atoms with van der Waals surface area (Å²) in [6.45, 7) is 10.2. The quantitative estimate of drug-likeness (QED) is 0.873. The summed E-state index contributed by atoms with van der Waals surface area (Å²) in [5, 5.41) is 3.50. The molecule has 108 valence electrons. The maximum absolute atomic E-state index is 5.82. The lowest BCUT2D eigenvalue weighted by Gasteiger charge is -2.19. The molecule has 1 aromatic heterocycles. The molecule has 0 radical (unpaired) electrons. The van der Waals surface area contributed by atoms with Gasteiger partial charge in [-0.2, -0.15) is 0 Å². The van der Waals surface area contributed by atoms with Crippen LogP contribution in [0, 0.1) is 6.92 Å². The van der Waals surface area contributed by atoms with Crippen LogP contribution in [-0.2, 0) is 13.2 Å². The summed E-state index contributed by atoms with van der Waals surface area (Å²) >= 11 is 1.81. The van der Waals surface area contributed by atoms with Gasteiger partial charge in [0.05, 0.1) is 0 Å². The van der Waals surface area contributed by atoms with Gasteiger partial charge < -0.3 is 10.1 Å². The van der Waals surface area contributed by atoms with E-state index in [2.05, 4.69) is 57.3 Å². The van der Waals surface area contributed by atoms with Crippen LogP contribution in [-0.4, -0.2) is 5.54 Å². The summed E-state index contributed by atoms with van der Waals surface area (Å²) in [4.78, 5) is 2.61. The molecule has 0 saturated carbocycles. The number of thiophene rings is 1. The SMILES string of the molecule is Cc1cccc(OCc2ccc(CNC(C)(C)C)s2)c1. The van der Waals surface area contributed by atoms with Gasteiger partial charge in [0.25, 0.3) is 0 Å². The molecule has 0 atom stereocenters. The van der Waals surface area contributed by atoms with Crippen LogP contribution in [0.1, 0.15) is 36.1 Å². The van der Waals surface area contributed by atoms with Crippen molar-refractivity contribution in [1.29, 1.82) is 0 Å². The van der Waals surface area contributed by atoms with Gasteiger partial charge in [-0.3, -0.25) is 0 Å². The van der Waals surface area contributed by atoms with Crippen molar-refractivity contribution in [3.8, 4) is 5.75 Å². The number of aryl methyl sites for hydroxylation is 1. The second-order valence-electron chi connectivity index (χ2n) is 6.08. The minimum Gasteiger partial charge on any atom is -0.488 e. The largest absolute Gasteiger partial charge is 0.488 e. The fourth-order valence-corrected chi connectivity index (χ4v) is 2.68. The molecule has 0 fully saturated rings. The lowest BCUT2D eigenvalue weighted by atomic mass is 10.1. The van der Waals surface area contributed by atoms with Gasteiger partial charge >= 0.3 is 0 Å². The second kappa shape index (κ2) is 6.42. The van der Waals surface area contributed by atoms with Crippen LogP contribution in [0.2, 0.25) is 0 Å². The van der Waals surface area contributed by atoms with Crippen molar-refractivity contribution >= 4 is 11.3 Å². The number of ether oxygens (including phenoxy) is 1. The number of hydrogen-bond acceptors (Lipinski definition) is 3. The third-order valence-electron chi connectivity index (χ3n) is 2.88. The Morgan fingerprint density at radius 1 is 1.10 bits per heavy atom. The van der Waals surface area contributed by atoms with Crippen molar-refractivity contribution in [1.82, 2.24) is 5.32 Å². The lowest BCUT2D eigenvalue weighted by molar-refractivity contribution is 0.309. The minimum absolute atomic E-state index is 0.155. The van der Waals surface area contributed by atoms with E-state index in [1.54, 1.807) is 0 Å². The summed E-state index contributed by atoms with van der Waals surface area (Å²) in [6, 6.07) is 12.5. The first-order chi connectivity index (χ1) is 9.42. The summed E-state index contributed by atoms with van der Waals surface area (Å²) in [5.74, 6) is 0.938. The topological polar surface area (TPSA) is 21.3 Å². The zero-order valence-electron chi connectivity index (χ0n) is 12.7. The van der Waals surface area contributed by atoms with Gasteiger partial charge in [0.1, 0.15) is 12.4 Å². The lowest BCUT2D eigenvalue weighted by Crippen LogP contribution is -2.34. The zero-order chi connectivity index (χ0) is 14.6. The van der Waals surface area contributed by atoms with Gasteiger partial charge in [-0.1, -0.05) is 12.1 Å². The molecule has 0 aliphatic rings. The Morgan fingerprint density at radius 3 is 2.55 bits per heavy atom. The van der Waals surface area contributed by atoms with Crippen LogP contribution < -0.4 is 10.1 Å². The number of hydrogen-bond donors (Lipinski definition) is 1. The Labute approximate surface area is 125 Å². The van der Waals surface area contributed by atoms with Crippen LogP contribution in [0.4, 0.5) is 0 Å². The van der Waals surface area contributed by atoms with E-state index in [-0.39, 0.29) is 5.54 Å². The Morgan fingerprint density at radius 2 is 1.85 bits per heavy atom. The van der Waals surface area contributed by atoms with Crippen LogP contribution >= 0.6 is 11.3 Å². The molecule has 0 unspecified atom stereocenters. The zero-order valence-corrected chi connectivity index (χ0v) is 13.5. The molecule has 0 spiro atoms. The molecule has 2 rings (SSSR count). The van der Waals surface area contributed by atoms with E-state index in [1.807, 2.05) is 23.5 Å². The molecule has 1 aromatic carbocycles. The first-order valence-electron chi connectivity index (χ1n) is 6.94. The van der Waals surface area contributed by atoms with Gasteiger partial charge in [-0.05, 0) is 57.5 Å². The van der Waals surface area contributed by atoms with E-state index >= 15 is 0 Å². The van der Waals surface area contributed by atoms with Crippen molar-refractivity contribution in [2.24, 2.45) is 0 Å². The highest BCUT2D eigenvalue weighted by Gasteiger charge is 2.09. The highest BCUT2D eigenvalue weighted by Crippen LogP contribution is 2.20. The molecule has 2 nitrogen and oxygen atoms in total. The van der Waals surface area contributed by atoms with E-state index in [9.17, 15) is 0 Å². The predicted octanol–water partition coefficient (Wildman–Crippen LogP) is 4.52. The number of rotatable bonds is 5. The molecule has 0 bridgehead atoms. The number of benzene rings is 1. The van der Waals surface area contributed by atoms with Crippen molar-refractivity contribution in [3.63, 3.8) is 0 Å². The van der Waals surface area contributed by atoms with Crippen molar-refractivity contribution in [2.75, 3.05) is 0 Å². The molecule has 0 aliphatic carbocycles. The Hall–Kier alpha value is -1.32. The molecule has 2 aromatic rings. The first-order valence-corrected chi connectivity index (χ1v) is 7.76. The minimum atomic E-state index is 0.155. The monoisotopic (exact) mass is 289 g/mol. The van der Waals surface area contributed by atoms with E-state index in [4.69, 9.17) is 4.74 Å². The normalized spacial score (nSPS) is 11.6. The molecule has 0 amide bonds. The third-order valence-corrected chi connectivity index (χ3v) is 3.94. The van der Waals surface area contributed by atoms with E-state index in [1.165, 1.54) is 15.3 Å². The maximum atomic E-state index is 5.82. The van der Waals surface area contributed by atoms with Gasteiger partial charge in [0.15, 0.2) is 0 Å². The van der Waals surface area contributed by atoms with Crippen molar-refractivity contribution in [3.05, 3.63) is 51.7 Å². The molecule has 3 heteroatoms. The van der Waals surface area contributed by atoms with Crippen LogP contribution in [0.25, 0.3) is 0 Å². The summed E-state index contributed by atoms with van der Waals surface area (Å²) in [7, 11) is 0. The molecule has 1 N–H and O–H groups in total. The van der Waals surface area contributed by atoms with Gasteiger partial charge in [0, 0.05) is 21.8 Å². The smallest absolute Gasteiger partial charge is 0.122 e. The first kappa shape index (κ1) is 15.1. The molecular weight excluding hydrogens is 266 g/mol. The summed E-state index contributed by atoms with van der Waals surface area (Å²) in [5.41, 5.74) is 1.38. The predicted molar refractivity (Wildman–Crippen MR) is 86.4 cm³/mol. The Bertz CT molecular complexity index is 554. The van der Waals surface area contributed by atoms with Crippen molar-refractivity contribution < 1.29 is 4.74 Å². The fraction of sp³-hybridized carbons (Fsp3) is 0.412. The summed E-state index contributed by atoms with van der Waals surface area (Å²) in [6.07, 6.45) is 0. The van der Waals surface area contributed by atoms with Crippen LogP contribution in [0.5, 0.6) is 5.75 Å². The average Bonchev–Trinajstić information content (AvgIpc) is 2.81.